The van der Waals surface area contributed by atoms with Crippen molar-refractivity contribution in [3.8, 4) is 5.75 Å². The van der Waals surface area contributed by atoms with Crippen LogP contribution in [0.4, 0.5) is 0 Å². The van der Waals surface area contributed by atoms with Crippen LogP contribution in [-0.2, 0) is 0 Å². The van der Waals surface area contributed by atoms with Gasteiger partial charge in [0.25, 0.3) is 0 Å². The Hall–Kier alpha value is -0.804. The van der Waals surface area contributed by atoms with Gasteiger partial charge in [0, 0.05) is 31.4 Å². The first-order valence-electron chi connectivity index (χ1n) is 5.81. The predicted octanol–water partition coefficient (Wildman–Crippen LogP) is -0.126. The van der Waals surface area contributed by atoms with Crippen LogP contribution in [0.3, 0.4) is 0 Å². The number of phenols is 1. The summed E-state index contributed by atoms with van der Waals surface area (Å²) in [6.07, 6.45) is 1.62. The van der Waals surface area contributed by atoms with E-state index >= 15 is 0 Å². The molecule has 0 unspecified atom stereocenters. The van der Waals surface area contributed by atoms with Crippen molar-refractivity contribution in [1.29, 1.82) is 0 Å². The summed E-state index contributed by atoms with van der Waals surface area (Å²) in [6, 6.07) is 6.80. The Morgan fingerprint density at radius 1 is 1.10 bits per heavy atom. The Balaban J connectivity index is 0.000000397. The van der Waals surface area contributed by atoms with Gasteiger partial charge in [-0.1, -0.05) is 11.6 Å². The van der Waals surface area contributed by atoms with Gasteiger partial charge in [-0.25, -0.2) is 0 Å². The number of aromatic nitrogens is 1. The molecule has 0 bridgehead atoms. The number of hydrogen-bond acceptors (Lipinski definition) is 6. The summed E-state index contributed by atoms with van der Waals surface area (Å²) >= 11 is 5.88. The number of nitrogens with zero attached hydrogens (tertiary/aromatic N) is 1. The molecule has 0 aliphatic rings. The molecule has 0 fully saturated rings. The molecule has 21 heavy (non-hydrogen) atoms. The predicted molar refractivity (Wildman–Crippen MR) is 82.3 cm³/mol. The molecule has 6 N–H and O–H groups in total. The van der Waals surface area contributed by atoms with Gasteiger partial charge in [0.05, 0.1) is 30.4 Å². The van der Waals surface area contributed by atoms with Crippen LogP contribution < -0.4 is 5.73 Å². The number of fused-ring (bicyclic) bond motifs is 1. The molecule has 0 atom stereocenters. The molecule has 0 saturated carbocycles. The van der Waals surface area contributed by atoms with E-state index in [4.69, 9.17) is 32.7 Å². The van der Waals surface area contributed by atoms with Crippen LogP contribution in [0.15, 0.2) is 30.5 Å². The minimum Gasteiger partial charge on any atom is -0.506 e. The second-order valence-electron chi connectivity index (χ2n) is 4.30. The van der Waals surface area contributed by atoms with Gasteiger partial charge in [0.1, 0.15) is 11.3 Å². The molecule has 2 aromatic rings. The number of nitrogens with two attached hydrogens (primary N) is 1. The average molecular weight is 370 g/mol. The molecule has 1 heterocycles. The first-order valence-corrected chi connectivity index (χ1v) is 6.19. The van der Waals surface area contributed by atoms with Gasteiger partial charge < -0.3 is 26.2 Å². The molecule has 6 nitrogen and oxygen atoms in total. The molecular weight excluding hydrogens is 353 g/mol. The summed E-state index contributed by atoms with van der Waals surface area (Å²) in [4.78, 5) is 4.01. The van der Waals surface area contributed by atoms with Crippen molar-refractivity contribution in [3.05, 3.63) is 35.5 Å². The van der Waals surface area contributed by atoms with Crippen molar-refractivity contribution in [1.82, 2.24) is 4.98 Å². The minimum atomic E-state index is -1.21. The third-order valence-corrected chi connectivity index (χ3v) is 2.97. The Morgan fingerprint density at radius 3 is 2.10 bits per heavy atom. The number of aliphatic hydroxyl groups excluding tert-OH is 3. The fourth-order valence-electron chi connectivity index (χ4n) is 1.27. The van der Waals surface area contributed by atoms with Crippen LogP contribution in [0.1, 0.15) is 0 Å². The standard InChI is InChI=1S/C9H6ClNO.C4H11NO3.Ga/c10-7-3-4-8(12)9-6(7)2-1-5-11-9;5-4(1-6,2-7)3-8;/h1-5,12H;6-8H,1-3,5H2;. The molecule has 3 radical (unpaired) electrons. The molecule has 0 saturated heterocycles. The van der Waals surface area contributed by atoms with Crippen molar-refractivity contribution >= 4 is 42.3 Å². The summed E-state index contributed by atoms with van der Waals surface area (Å²) in [5, 5.41) is 35.8. The molecule has 0 amide bonds. The monoisotopic (exact) mass is 369 g/mol. The van der Waals surface area contributed by atoms with Crippen LogP contribution in [0.5, 0.6) is 5.75 Å². The molecule has 2 rings (SSSR count). The minimum absolute atomic E-state index is 0. The molecule has 1 aromatic heterocycles. The van der Waals surface area contributed by atoms with Crippen molar-refractivity contribution in [3.63, 3.8) is 0 Å². The number of aromatic hydroxyl groups is 1. The summed E-state index contributed by atoms with van der Waals surface area (Å²) in [5.41, 5.74) is 4.48. The molecule has 0 aliphatic heterocycles. The van der Waals surface area contributed by atoms with Crippen LogP contribution >= 0.6 is 11.6 Å². The fourth-order valence-corrected chi connectivity index (χ4v) is 1.49. The van der Waals surface area contributed by atoms with Gasteiger partial charge in [0.2, 0.25) is 0 Å². The quantitative estimate of drug-likeness (QED) is 0.480. The summed E-state index contributed by atoms with van der Waals surface area (Å²) in [5.74, 6) is 0.162. The van der Waals surface area contributed by atoms with Gasteiger partial charge in [-0.2, -0.15) is 0 Å². The van der Waals surface area contributed by atoms with Crippen molar-refractivity contribution in [2.75, 3.05) is 19.8 Å². The average Bonchev–Trinajstić information content (AvgIpc) is 2.51. The Bertz CT molecular complexity index is 518. The number of aliphatic hydroxyl groups is 3. The van der Waals surface area contributed by atoms with E-state index in [-0.39, 0.29) is 25.5 Å². The summed E-state index contributed by atoms with van der Waals surface area (Å²) in [7, 11) is 0. The number of phenolic OH excluding ortho intramolecular Hbond substituents is 1. The largest absolute Gasteiger partial charge is 0.506 e. The van der Waals surface area contributed by atoms with Crippen LogP contribution in [0.25, 0.3) is 10.9 Å². The van der Waals surface area contributed by atoms with E-state index in [0.717, 1.165) is 5.39 Å². The molecular formula is C13H17ClGaN2O4. The second kappa shape index (κ2) is 9.26. The van der Waals surface area contributed by atoms with Crippen LogP contribution in [-0.4, -0.2) is 70.6 Å². The molecule has 8 heteroatoms. The first-order chi connectivity index (χ1) is 9.47. The van der Waals surface area contributed by atoms with Crippen molar-refractivity contribution in [2.45, 2.75) is 5.54 Å². The normalized spacial score (nSPS) is 10.5. The van der Waals surface area contributed by atoms with E-state index in [1.807, 2.05) is 6.07 Å². The molecule has 1 aromatic carbocycles. The van der Waals surface area contributed by atoms with Crippen LogP contribution in [0.2, 0.25) is 5.02 Å². The van der Waals surface area contributed by atoms with Gasteiger partial charge in [-0.3, -0.25) is 4.98 Å². The maximum absolute atomic E-state index is 9.37. The fraction of sp³-hybridized carbons (Fsp3) is 0.308. The zero-order valence-electron chi connectivity index (χ0n) is 11.3. The summed E-state index contributed by atoms with van der Waals surface area (Å²) < 4.78 is 0. The second-order valence-corrected chi connectivity index (χ2v) is 4.71. The zero-order valence-corrected chi connectivity index (χ0v) is 14.5. The van der Waals surface area contributed by atoms with Crippen LogP contribution in [0, 0.1) is 0 Å². The number of halogens is 1. The van der Waals surface area contributed by atoms with Gasteiger partial charge >= 0.3 is 0 Å². The van der Waals surface area contributed by atoms with E-state index in [0.29, 0.717) is 10.5 Å². The Morgan fingerprint density at radius 2 is 1.67 bits per heavy atom. The van der Waals surface area contributed by atoms with Gasteiger partial charge in [0.15, 0.2) is 0 Å². The topological polar surface area (TPSA) is 120 Å². The van der Waals surface area contributed by atoms with E-state index in [1.54, 1.807) is 18.3 Å². The van der Waals surface area contributed by atoms with Gasteiger partial charge in [-0.15, -0.1) is 0 Å². The van der Waals surface area contributed by atoms with E-state index < -0.39 is 25.4 Å². The summed E-state index contributed by atoms with van der Waals surface area (Å²) in [6.45, 7) is -1.21. The maximum Gasteiger partial charge on any atom is 0.141 e. The van der Waals surface area contributed by atoms with Crippen molar-refractivity contribution < 1.29 is 20.4 Å². The van der Waals surface area contributed by atoms with E-state index in [9.17, 15) is 5.11 Å². The van der Waals surface area contributed by atoms with E-state index in [2.05, 4.69) is 4.98 Å². The zero-order chi connectivity index (χ0) is 15.2. The smallest absolute Gasteiger partial charge is 0.141 e. The van der Waals surface area contributed by atoms with Crippen molar-refractivity contribution in [2.24, 2.45) is 5.73 Å². The maximum atomic E-state index is 9.37. The van der Waals surface area contributed by atoms with E-state index in [1.165, 1.54) is 6.07 Å². The molecule has 0 spiro atoms. The third kappa shape index (κ3) is 5.48. The number of hydrogen-bond donors (Lipinski definition) is 5. The Labute approximate surface area is 140 Å². The number of pyridine rings is 1. The molecule has 113 valence electrons. The SMILES string of the molecule is NC(CO)(CO)CO.Oc1ccc(Cl)c2cccnc12.[Ga]. The number of benzene rings is 1. The van der Waals surface area contributed by atoms with Gasteiger partial charge in [-0.05, 0) is 24.3 Å². The number of rotatable bonds is 3. The third-order valence-electron chi connectivity index (χ3n) is 2.64. The molecule has 0 aliphatic carbocycles. The first kappa shape index (κ1) is 20.2. The Kier molecular flexibility index (Phi) is 8.91.